The van der Waals surface area contributed by atoms with E-state index in [0.717, 1.165) is 5.56 Å². The van der Waals surface area contributed by atoms with Crippen molar-refractivity contribution < 1.29 is 9.18 Å². The Morgan fingerprint density at radius 2 is 2.38 bits per heavy atom. The van der Waals surface area contributed by atoms with E-state index in [1.54, 1.807) is 24.1 Å². The molecule has 0 radical (unpaired) electrons. The van der Waals surface area contributed by atoms with Gasteiger partial charge in [-0.15, -0.1) is 0 Å². The molecule has 0 fully saturated rings. The molecule has 0 aliphatic carbocycles. The summed E-state index contributed by atoms with van der Waals surface area (Å²) in [5, 5.41) is 3.94. The van der Waals surface area contributed by atoms with Gasteiger partial charge < -0.3 is 0 Å². The maximum atomic E-state index is 13.2. The molecule has 4 nitrogen and oxygen atoms in total. The molecular weight excluding hydrogens is 209 g/mol. The average Bonchev–Trinajstić information content (AvgIpc) is 2.64. The predicted molar refractivity (Wildman–Crippen MR) is 55.4 cm³/mol. The molecule has 2 aromatic heterocycles. The Kier molecular flexibility index (Phi) is 2.76. The Morgan fingerprint density at radius 3 is 3.00 bits per heavy atom. The van der Waals surface area contributed by atoms with Crippen molar-refractivity contribution >= 4 is 5.78 Å². The first kappa shape index (κ1) is 10.5. The largest absolute Gasteiger partial charge is 0.292 e. The molecule has 5 heteroatoms. The van der Waals surface area contributed by atoms with E-state index in [2.05, 4.69) is 10.1 Å². The maximum absolute atomic E-state index is 13.2. The summed E-state index contributed by atoms with van der Waals surface area (Å²) >= 11 is 0. The number of ketones is 1. The Hall–Kier alpha value is -2.04. The van der Waals surface area contributed by atoms with E-state index in [4.69, 9.17) is 0 Å². The van der Waals surface area contributed by atoms with Gasteiger partial charge in [-0.3, -0.25) is 14.5 Å². The lowest BCUT2D eigenvalue weighted by molar-refractivity contribution is 0.0984. The number of nitrogens with zero attached hydrogens (tertiary/aromatic N) is 3. The van der Waals surface area contributed by atoms with Crippen molar-refractivity contribution in [2.75, 3.05) is 0 Å². The van der Waals surface area contributed by atoms with Crippen LogP contribution < -0.4 is 0 Å². The highest BCUT2D eigenvalue weighted by atomic mass is 19.1. The number of rotatable bonds is 3. The first-order valence-corrected chi connectivity index (χ1v) is 4.78. The van der Waals surface area contributed by atoms with Gasteiger partial charge in [0, 0.05) is 25.9 Å². The lowest BCUT2D eigenvalue weighted by Gasteiger charge is -1.99. The first-order chi connectivity index (χ1) is 7.66. The Bertz CT molecular complexity index is 521. The fourth-order valence-corrected chi connectivity index (χ4v) is 1.42. The van der Waals surface area contributed by atoms with E-state index in [1.807, 2.05) is 0 Å². The lowest BCUT2D eigenvalue weighted by atomic mass is 10.1. The number of hydrogen-bond acceptors (Lipinski definition) is 3. The number of Topliss-reactive ketones (excluding diaryl/α,β-unsaturated/α-hetero) is 1. The number of carbonyl (C=O) groups is 1. The Balaban J connectivity index is 2.18. The lowest BCUT2D eigenvalue weighted by Crippen LogP contribution is -2.08. The van der Waals surface area contributed by atoms with Crippen molar-refractivity contribution in [3.05, 3.63) is 47.8 Å². The van der Waals surface area contributed by atoms with Crippen molar-refractivity contribution in [2.45, 2.75) is 6.42 Å². The van der Waals surface area contributed by atoms with Gasteiger partial charge in [0.1, 0.15) is 5.69 Å². The van der Waals surface area contributed by atoms with E-state index in [1.165, 1.54) is 18.3 Å². The minimum Gasteiger partial charge on any atom is -0.292 e. The quantitative estimate of drug-likeness (QED) is 0.733. The molecule has 0 amide bonds. The van der Waals surface area contributed by atoms with Gasteiger partial charge in [-0.2, -0.15) is 5.10 Å². The SMILES string of the molecule is Cn1cc(CC(=O)c2ncccc2F)cn1. The predicted octanol–water partition coefficient (Wildman–Crippen LogP) is 1.38. The maximum Gasteiger partial charge on any atom is 0.188 e. The van der Waals surface area contributed by atoms with Gasteiger partial charge in [-0.25, -0.2) is 4.39 Å². The van der Waals surface area contributed by atoms with Gasteiger partial charge in [0.25, 0.3) is 0 Å². The molecule has 2 heterocycles. The molecule has 0 atom stereocenters. The van der Waals surface area contributed by atoms with Gasteiger partial charge in [-0.05, 0) is 17.7 Å². The van der Waals surface area contributed by atoms with Crippen molar-refractivity contribution in [2.24, 2.45) is 7.05 Å². The van der Waals surface area contributed by atoms with Crippen LogP contribution in [0.2, 0.25) is 0 Å². The second-order valence-electron chi connectivity index (χ2n) is 3.46. The molecule has 16 heavy (non-hydrogen) atoms. The minimum absolute atomic E-state index is 0.113. The van der Waals surface area contributed by atoms with Crippen LogP contribution in [0.1, 0.15) is 16.1 Å². The van der Waals surface area contributed by atoms with E-state index in [9.17, 15) is 9.18 Å². The normalized spacial score (nSPS) is 10.4. The Morgan fingerprint density at radius 1 is 1.56 bits per heavy atom. The summed E-state index contributed by atoms with van der Waals surface area (Å²) in [5.41, 5.74) is 0.629. The molecule has 2 rings (SSSR count). The summed E-state index contributed by atoms with van der Waals surface area (Å²) in [5.74, 6) is -0.928. The number of halogens is 1. The molecule has 2 aromatic rings. The number of hydrogen-bond donors (Lipinski definition) is 0. The van der Waals surface area contributed by atoms with Crippen LogP contribution in [0.25, 0.3) is 0 Å². The molecule has 0 aromatic carbocycles. The topological polar surface area (TPSA) is 47.8 Å². The third kappa shape index (κ3) is 2.13. The highest BCUT2D eigenvalue weighted by Gasteiger charge is 2.13. The molecule has 0 aliphatic heterocycles. The highest BCUT2D eigenvalue weighted by Crippen LogP contribution is 2.08. The zero-order valence-corrected chi connectivity index (χ0v) is 8.72. The van der Waals surface area contributed by atoms with Crippen LogP contribution in [0.5, 0.6) is 0 Å². The van der Waals surface area contributed by atoms with Gasteiger partial charge >= 0.3 is 0 Å². The van der Waals surface area contributed by atoms with Crippen molar-refractivity contribution in [1.82, 2.24) is 14.8 Å². The summed E-state index contributed by atoms with van der Waals surface area (Å²) in [6.07, 6.45) is 4.82. The third-order valence-electron chi connectivity index (χ3n) is 2.15. The van der Waals surface area contributed by atoms with E-state index < -0.39 is 5.82 Å². The summed E-state index contributed by atoms with van der Waals surface area (Å²) in [6, 6.07) is 2.68. The minimum atomic E-state index is -0.587. The van der Waals surface area contributed by atoms with Crippen molar-refractivity contribution in [3.63, 3.8) is 0 Å². The number of pyridine rings is 1. The Labute approximate surface area is 91.7 Å². The zero-order valence-electron chi connectivity index (χ0n) is 8.72. The number of aromatic nitrogens is 3. The van der Waals surface area contributed by atoms with Crippen LogP contribution in [-0.4, -0.2) is 20.5 Å². The van der Waals surface area contributed by atoms with Crippen LogP contribution >= 0.6 is 0 Å². The third-order valence-corrected chi connectivity index (χ3v) is 2.15. The van der Waals surface area contributed by atoms with Crippen LogP contribution in [0.3, 0.4) is 0 Å². The monoisotopic (exact) mass is 219 g/mol. The fraction of sp³-hybridized carbons (Fsp3) is 0.182. The smallest absolute Gasteiger partial charge is 0.188 e. The van der Waals surface area contributed by atoms with Gasteiger partial charge in [0.2, 0.25) is 0 Å². The molecule has 0 aliphatic rings. The van der Waals surface area contributed by atoms with Crippen LogP contribution in [0.4, 0.5) is 4.39 Å². The van der Waals surface area contributed by atoms with Crippen LogP contribution in [-0.2, 0) is 13.5 Å². The van der Waals surface area contributed by atoms with Gasteiger partial charge in [0.15, 0.2) is 11.6 Å². The van der Waals surface area contributed by atoms with E-state index in [-0.39, 0.29) is 17.9 Å². The molecular formula is C11H10FN3O. The summed E-state index contributed by atoms with van der Waals surface area (Å²) in [4.78, 5) is 15.4. The molecule has 0 saturated heterocycles. The molecule has 0 unspecified atom stereocenters. The van der Waals surface area contributed by atoms with Crippen molar-refractivity contribution in [1.29, 1.82) is 0 Å². The van der Waals surface area contributed by atoms with Crippen LogP contribution in [0, 0.1) is 5.82 Å². The molecule has 0 saturated carbocycles. The molecule has 82 valence electrons. The zero-order chi connectivity index (χ0) is 11.5. The van der Waals surface area contributed by atoms with Crippen molar-refractivity contribution in [3.8, 4) is 0 Å². The number of aryl methyl sites for hydroxylation is 1. The second-order valence-corrected chi connectivity index (χ2v) is 3.46. The molecule has 0 spiro atoms. The molecule has 0 N–H and O–H groups in total. The first-order valence-electron chi connectivity index (χ1n) is 4.78. The summed E-state index contributed by atoms with van der Waals surface area (Å²) in [6.45, 7) is 0. The van der Waals surface area contributed by atoms with Gasteiger partial charge in [-0.1, -0.05) is 0 Å². The standard InChI is InChI=1S/C11H10FN3O/c1-15-7-8(6-14-15)5-10(16)11-9(12)3-2-4-13-11/h2-4,6-7H,5H2,1H3. The van der Waals surface area contributed by atoms with E-state index >= 15 is 0 Å². The second kappa shape index (κ2) is 4.22. The summed E-state index contributed by atoms with van der Waals surface area (Å²) < 4.78 is 14.8. The van der Waals surface area contributed by atoms with E-state index in [0.29, 0.717) is 0 Å². The number of carbonyl (C=O) groups excluding carboxylic acids is 1. The fourth-order valence-electron chi connectivity index (χ4n) is 1.42. The highest BCUT2D eigenvalue weighted by molar-refractivity contribution is 5.95. The summed E-state index contributed by atoms with van der Waals surface area (Å²) in [7, 11) is 1.76. The van der Waals surface area contributed by atoms with Crippen LogP contribution in [0.15, 0.2) is 30.7 Å². The average molecular weight is 219 g/mol. The van der Waals surface area contributed by atoms with Gasteiger partial charge in [0.05, 0.1) is 6.20 Å². The molecule has 0 bridgehead atoms.